The molecule has 0 saturated heterocycles. The Kier molecular flexibility index (Phi) is 6.39. The number of non-ortho nitro benzene ring substituents is 1. The fraction of sp³-hybridized carbons (Fsp3) is 0.105. The highest BCUT2D eigenvalue weighted by molar-refractivity contribution is 6.07. The second-order valence-electron chi connectivity index (χ2n) is 5.61. The lowest BCUT2D eigenvalue weighted by Crippen LogP contribution is -2.32. The number of imide groups is 1. The van der Waals surface area contributed by atoms with Crippen molar-refractivity contribution in [3.63, 3.8) is 0 Å². The van der Waals surface area contributed by atoms with E-state index in [4.69, 9.17) is 5.26 Å². The average molecular weight is 364 g/mol. The second kappa shape index (κ2) is 8.92. The first-order valence-corrected chi connectivity index (χ1v) is 7.90. The monoisotopic (exact) mass is 364 g/mol. The van der Waals surface area contributed by atoms with E-state index < -0.39 is 16.7 Å². The summed E-state index contributed by atoms with van der Waals surface area (Å²) in [5.41, 5.74) is 1.34. The lowest BCUT2D eigenvalue weighted by molar-refractivity contribution is -0.384. The topological polar surface area (TPSA) is 125 Å². The molecule has 2 N–H and O–H groups in total. The molecule has 0 fully saturated rings. The maximum atomic E-state index is 12.1. The van der Waals surface area contributed by atoms with Crippen LogP contribution in [0.5, 0.6) is 0 Å². The summed E-state index contributed by atoms with van der Waals surface area (Å²) in [4.78, 5) is 34.3. The third-order valence-electron chi connectivity index (χ3n) is 3.63. The number of nitrogens with zero attached hydrogens (tertiary/aromatic N) is 2. The number of nitro groups is 1. The first-order valence-electron chi connectivity index (χ1n) is 7.90. The predicted octanol–water partition coefficient (Wildman–Crippen LogP) is 2.61. The van der Waals surface area contributed by atoms with Crippen LogP contribution in [0, 0.1) is 28.4 Å². The van der Waals surface area contributed by atoms with Crippen molar-refractivity contribution in [1.82, 2.24) is 5.32 Å². The lowest BCUT2D eigenvalue weighted by Gasteiger charge is -2.07. The molecule has 0 aliphatic rings. The van der Waals surface area contributed by atoms with Crippen molar-refractivity contribution in [3.05, 3.63) is 81.5 Å². The van der Waals surface area contributed by atoms with Crippen LogP contribution >= 0.6 is 0 Å². The zero-order chi connectivity index (χ0) is 19.8. The summed E-state index contributed by atoms with van der Waals surface area (Å²) < 4.78 is 0. The van der Waals surface area contributed by atoms with Gasteiger partial charge in [0.2, 0.25) is 5.91 Å². The Bertz CT molecular complexity index is 946. The van der Waals surface area contributed by atoms with Gasteiger partial charge in [0.25, 0.3) is 11.6 Å². The van der Waals surface area contributed by atoms with Gasteiger partial charge in [-0.25, -0.2) is 0 Å². The molecule has 2 rings (SSSR count). The van der Waals surface area contributed by atoms with Gasteiger partial charge in [-0.1, -0.05) is 36.4 Å². The smallest absolute Gasteiger partial charge is 0.271 e. The summed E-state index contributed by atoms with van der Waals surface area (Å²) in [5, 5.41) is 24.8. The van der Waals surface area contributed by atoms with E-state index in [2.05, 4.69) is 10.6 Å². The Labute approximate surface area is 155 Å². The number of carbonyl (C=O) groups excluding carboxylic acids is 2. The largest absolute Gasteiger partial charge is 0.360 e. The quantitative estimate of drug-likeness (QED) is 0.351. The molecule has 0 spiro atoms. The molecule has 0 unspecified atom stereocenters. The SMILES string of the molecule is Cc1ccc([N+](=O)[O-])cc1NC=C(C#N)C(=O)NC(=O)Cc1ccccc1. The van der Waals surface area contributed by atoms with Gasteiger partial charge in [-0.3, -0.25) is 25.0 Å². The van der Waals surface area contributed by atoms with Crippen molar-refractivity contribution in [2.75, 3.05) is 5.32 Å². The molecule has 136 valence electrons. The molecule has 0 heterocycles. The molecule has 2 aromatic rings. The maximum Gasteiger partial charge on any atom is 0.271 e. The molecule has 2 amide bonds. The maximum absolute atomic E-state index is 12.1. The highest BCUT2D eigenvalue weighted by atomic mass is 16.6. The first kappa shape index (κ1) is 19.3. The van der Waals surface area contributed by atoms with Gasteiger partial charge in [0, 0.05) is 24.0 Å². The van der Waals surface area contributed by atoms with Crippen LogP contribution in [0.25, 0.3) is 0 Å². The minimum atomic E-state index is -0.853. The number of hydrogen-bond donors (Lipinski definition) is 2. The number of nitrogens with one attached hydrogen (secondary N) is 2. The van der Waals surface area contributed by atoms with Crippen molar-refractivity contribution in [1.29, 1.82) is 5.26 Å². The standard InChI is InChI=1S/C19H16N4O4/c1-13-7-8-16(23(26)27)10-17(13)21-12-15(11-20)19(25)22-18(24)9-14-5-3-2-4-6-14/h2-8,10,12,21H,9H2,1H3,(H,22,24,25). The number of nitriles is 1. The molecule has 27 heavy (non-hydrogen) atoms. The molecule has 8 heteroatoms. The zero-order valence-electron chi connectivity index (χ0n) is 14.4. The molecule has 0 aliphatic heterocycles. The summed E-state index contributed by atoms with van der Waals surface area (Å²) >= 11 is 0. The summed E-state index contributed by atoms with van der Waals surface area (Å²) in [7, 11) is 0. The van der Waals surface area contributed by atoms with Crippen LogP contribution in [0.2, 0.25) is 0 Å². The lowest BCUT2D eigenvalue weighted by atomic mass is 10.1. The number of aryl methyl sites for hydroxylation is 1. The summed E-state index contributed by atoms with van der Waals surface area (Å²) in [5.74, 6) is -1.40. The molecule has 0 radical (unpaired) electrons. The minimum Gasteiger partial charge on any atom is -0.360 e. The number of rotatable bonds is 6. The molecule has 0 aromatic heterocycles. The minimum absolute atomic E-state index is 0.00268. The Morgan fingerprint density at radius 2 is 1.93 bits per heavy atom. The van der Waals surface area contributed by atoms with E-state index >= 15 is 0 Å². The van der Waals surface area contributed by atoms with E-state index in [0.717, 1.165) is 11.8 Å². The predicted molar refractivity (Wildman–Crippen MR) is 98.4 cm³/mol. The number of anilines is 1. The van der Waals surface area contributed by atoms with Gasteiger partial charge < -0.3 is 5.32 Å². The van der Waals surface area contributed by atoms with Crippen molar-refractivity contribution >= 4 is 23.2 Å². The molecule has 2 aromatic carbocycles. The third-order valence-corrected chi connectivity index (χ3v) is 3.63. The normalized spacial score (nSPS) is 10.6. The summed E-state index contributed by atoms with van der Waals surface area (Å²) in [6, 6.07) is 14.7. The van der Waals surface area contributed by atoms with Crippen molar-refractivity contribution in [2.24, 2.45) is 0 Å². The van der Waals surface area contributed by atoms with Gasteiger partial charge in [0.1, 0.15) is 11.6 Å². The van der Waals surface area contributed by atoms with Crippen molar-refractivity contribution < 1.29 is 14.5 Å². The number of carbonyl (C=O) groups is 2. The average Bonchev–Trinajstić information content (AvgIpc) is 2.64. The molecular formula is C19H16N4O4. The van der Waals surface area contributed by atoms with Crippen LogP contribution < -0.4 is 10.6 Å². The van der Waals surface area contributed by atoms with E-state index in [1.165, 1.54) is 12.1 Å². The molecule has 8 nitrogen and oxygen atoms in total. The number of hydrogen-bond acceptors (Lipinski definition) is 6. The van der Waals surface area contributed by atoms with Gasteiger partial charge in [0.15, 0.2) is 0 Å². The molecule has 0 atom stereocenters. The van der Waals surface area contributed by atoms with Gasteiger partial charge in [-0.2, -0.15) is 5.26 Å². The Hall–Kier alpha value is -3.99. The van der Waals surface area contributed by atoms with Crippen molar-refractivity contribution in [3.8, 4) is 6.07 Å². The summed E-state index contributed by atoms with van der Waals surface area (Å²) in [6.07, 6.45) is 1.11. The first-order chi connectivity index (χ1) is 12.9. The molecular weight excluding hydrogens is 348 g/mol. The van der Waals surface area contributed by atoms with E-state index in [1.807, 2.05) is 6.07 Å². The number of amides is 2. The van der Waals surface area contributed by atoms with Crippen LogP contribution in [-0.4, -0.2) is 16.7 Å². The van der Waals surface area contributed by atoms with Crippen LogP contribution in [0.4, 0.5) is 11.4 Å². The van der Waals surface area contributed by atoms with Gasteiger partial charge >= 0.3 is 0 Å². The molecule has 0 bridgehead atoms. The van der Waals surface area contributed by atoms with Gasteiger partial charge in [-0.05, 0) is 18.1 Å². The fourth-order valence-corrected chi connectivity index (χ4v) is 2.20. The Morgan fingerprint density at radius 3 is 2.56 bits per heavy atom. The van der Waals surface area contributed by atoms with E-state index in [0.29, 0.717) is 11.3 Å². The number of benzene rings is 2. The van der Waals surface area contributed by atoms with Crippen LogP contribution in [-0.2, 0) is 16.0 Å². The van der Waals surface area contributed by atoms with E-state index in [-0.39, 0.29) is 17.7 Å². The van der Waals surface area contributed by atoms with Gasteiger partial charge in [0.05, 0.1) is 11.3 Å². The van der Waals surface area contributed by atoms with Crippen LogP contribution in [0.15, 0.2) is 60.3 Å². The fourth-order valence-electron chi connectivity index (χ4n) is 2.20. The van der Waals surface area contributed by atoms with Gasteiger partial charge in [-0.15, -0.1) is 0 Å². The highest BCUT2D eigenvalue weighted by Crippen LogP contribution is 2.22. The van der Waals surface area contributed by atoms with Crippen LogP contribution in [0.3, 0.4) is 0 Å². The van der Waals surface area contributed by atoms with Crippen molar-refractivity contribution in [2.45, 2.75) is 13.3 Å². The third kappa shape index (κ3) is 5.51. The Balaban J connectivity index is 2.06. The molecule has 0 aliphatic carbocycles. The molecule has 0 saturated carbocycles. The highest BCUT2D eigenvalue weighted by Gasteiger charge is 2.14. The van der Waals surface area contributed by atoms with E-state index in [1.54, 1.807) is 43.3 Å². The zero-order valence-corrected chi connectivity index (χ0v) is 14.4. The summed E-state index contributed by atoms with van der Waals surface area (Å²) in [6.45, 7) is 1.72. The van der Waals surface area contributed by atoms with Crippen LogP contribution in [0.1, 0.15) is 11.1 Å². The van der Waals surface area contributed by atoms with E-state index in [9.17, 15) is 19.7 Å². The number of nitro benzene ring substituents is 1. The Morgan fingerprint density at radius 1 is 1.22 bits per heavy atom. The second-order valence-corrected chi connectivity index (χ2v) is 5.61.